The van der Waals surface area contributed by atoms with Crippen LogP contribution in [0.4, 0.5) is 11.4 Å². The second-order valence-corrected chi connectivity index (χ2v) is 6.98. The molecule has 0 unspecified atom stereocenters. The maximum Gasteiger partial charge on any atom is 0.338 e. The SMILES string of the molecule is CCOC(=O)c1ccc(NC(=O)CCCC(=O)OCC(=O)Nc2ccc(C(=O)OC)cc2)cc1. The van der Waals surface area contributed by atoms with E-state index in [1.54, 1.807) is 31.2 Å². The van der Waals surface area contributed by atoms with Gasteiger partial charge < -0.3 is 24.8 Å². The van der Waals surface area contributed by atoms with Gasteiger partial charge in [0.1, 0.15) is 0 Å². The molecule has 180 valence electrons. The van der Waals surface area contributed by atoms with Crippen molar-refractivity contribution in [3.63, 3.8) is 0 Å². The van der Waals surface area contributed by atoms with Crippen molar-refractivity contribution in [2.45, 2.75) is 26.2 Å². The van der Waals surface area contributed by atoms with E-state index in [0.29, 0.717) is 22.5 Å². The van der Waals surface area contributed by atoms with Crippen molar-refractivity contribution in [2.75, 3.05) is 31.0 Å². The van der Waals surface area contributed by atoms with Crippen molar-refractivity contribution in [2.24, 2.45) is 0 Å². The van der Waals surface area contributed by atoms with Crippen LogP contribution >= 0.6 is 0 Å². The van der Waals surface area contributed by atoms with Gasteiger partial charge in [0.05, 0.1) is 24.8 Å². The van der Waals surface area contributed by atoms with Crippen molar-refractivity contribution in [3.8, 4) is 0 Å². The Balaban J connectivity index is 1.65. The standard InChI is InChI=1S/C24H26N2O8/c1-3-33-24(31)17-9-13-18(14-10-17)25-20(27)5-4-6-22(29)34-15-21(28)26-19-11-7-16(8-12-19)23(30)32-2/h7-14H,3-6,15H2,1-2H3,(H,25,27)(H,26,28). The van der Waals surface area contributed by atoms with E-state index in [1.165, 1.54) is 31.4 Å². The zero-order chi connectivity index (χ0) is 24.9. The highest BCUT2D eigenvalue weighted by molar-refractivity contribution is 5.95. The van der Waals surface area contributed by atoms with Gasteiger partial charge in [-0.1, -0.05) is 0 Å². The molecule has 0 atom stereocenters. The van der Waals surface area contributed by atoms with Gasteiger partial charge in [-0.05, 0) is 61.9 Å². The highest BCUT2D eigenvalue weighted by Crippen LogP contribution is 2.12. The van der Waals surface area contributed by atoms with Gasteiger partial charge in [0, 0.05) is 24.2 Å². The monoisotopic (exact) mass is 470 g/mol. The fourth-order valence-corrected chi connectivity index (χ4v) is 2.74. The minimum absolute atomic E-state index is 0.0314. The number of nitrogens with one attached hydrogen (secondary N) is 2. The molecule has 0 aromatic heterocycles. The smallest absolute Gasteiger partial charge is 0.338 e. The van der Waals surface area contributed by atoms with E-state index in [4.69, 9.17) is 9.47 Å². The molecule has 2 rings (SSSR count). The number of esters is 3. The van der Waals surface area contributed by atoms with Gasteiger partial charge in [-0.25, -0.2) is 9.59 Å². The first-order chi connectivity index (χ1) is 16.3. The molecule has 0 aliphatic heterocycles. The molecule has 10 heteroatoms. The zero-order valence-electron chi connectivity index (χ0n) is 18.9. The van der Waals surface area contributed by atoms with Gasteiger partial charge in [0.2, 0.25) is 5.91 Å². The minimum Gasteiger partial charge on any atom is -0.465 e. The van der Waals surface area contributed by atoms with Crippen LogP contribution in [-0.4, -0.2) is 50.0 Å². The summed E-state index contributed by atoms with van der Waals surface area (Å²) < 4.78 is 14.4. The van der Waals surface area contributed by atoms with Gasteiger partial charge in [-0.3, -0.25) is 14.4 Å². The predicted octanol–water partition coefficient (Wildman–Crippen LogP) is 2.94. The van der Waals surface area contributed by atoms with Crippen molar-refractivity contribution >= 4 is 41.1 Å². The molecule has 0 aliphatic carbocycles. The van der Waals surface area contributed by atoms with E-state index < -0.39 is 30.4 Å². The molecule has 0 saturated carbocycles. The minimum atomic E-state index is -0.609. The first-order valence-corrected chi connectivity index (χ1v) is 10.5. The molecule has 2 N–H and O–H groups in total. The number of ether oxygens (including phenoxy) is 3. The zero-order valence-corrected chi connectivity index (χ0v) is 18.9. The average Bonchev–Trinajstić information content (AvgIpc) is 2.83. The van der Waals surface area contributed by atoms with E-state index >= 15 is 0 Å². The van der Waals surface area contributed by atoms with Crippen LogP contribution in [0.25, 0.3) is 0 Å². The third kappa shape index (κ3) is 8.73. The summed E-state index contributed by atoms with van der Waals surface area (Å²) in [6.07, 6.45) is 0.284. The number of hydrogen-bond acceptors (Lipinski definition) is 8. The molecule has 0 radical (unpaired) electrons. The number of rotatable bonds is 11. The van der Waals surface area contributed by atoms with E-state index in [-0.39, 0.29) is 31.8 Å². The number of hydrogen-bond donors (Lipinski definition) is 2. The van der Waals surface area contributed by atoms with Crippen LogP contribution in [0.1, 0.15) is 46.9 Å². The van der Waals surface area contributed by atoms with Crippen LogP contribution in [0.3, 0.4) is 0 Å². The molecule has 0 heterocycles. The molecule has 0 saturated heterocycles. The first kappa shape index (κ1) is 26.0. The molecule has 0 bridgehead atoms. The van der Waals surface area contributed by atoms with E-state index in [1.807, 2.05) is 0 Å². The molecule has 34 heavy (non-hydrogen) atoms. The highest BCUT2D eigenvalue weighted by Gasteiger charge is 2.11. The van der Waals surface area contributed by atoms with E-state index in [0.717, 1.165) is 0 Å². The van der Waals surface area contributed by atoms with Crippen LogP contribution in [0, 0.1) is 0 Å². The molecular formula is C24H26N2O8. The summed E-state index contributed by atoms with van der Waals surface area (Å²) in [6, 6.07) is 12.3. The number of benzene rings is 2. The van der Waals surface area contributed by atoms with E-state index in [9.17, 15) is 24.0 Å². The number of amides is 2. The molecule has 0 aliphatic rings. The van der Waals surface area contributed by atoms with E-state index in [2.05, 4.69) is 15.4 Å². The highest BCUT2D eigenvalue weighted by atomic mass is 16.5. The Bertz CT molecular complexity index is 1020. The largest absolute Gasteiger partial charge is 0.465 e. The summed E-state index contributed by atoms with van der Waals surface area (Å²) in [5.41, 5.74) is 1.66. The maximum atomic E-state index is 12.0. The van der Waals surface area contributed by atoms with Crippen molar-refractivity contribution in [3.05, 3.63) is 59.7 Å². The normalized spacial score (nSPS) is 10.1. The molecule has 2 amide bonds. The second-order valence-electron chi connectivity index (χ2n) is 6.98. The Morgan fingerprint density at radius 3 is 1.76 bits per heavy atom. The topological polar surface area (TPSA) is 137 Å². The number of methoxy groups -OCH3 is 1. The van der Waals surface area contributed by atoms with Gasteiger partial charge >= 0.3 is 17.9 Å². The lowest BCUT2D eigenvalue weighted by molar-refractivity contribution is -0.147. The van der Waals surface area contributed by atoms with Crippen molar-refractivity contribution in [1.29, 1.82) is 0 Å². The molecule has 0 spiro atoms. The number of anilines is 2. The van der Waals surface area contributed by atoms with Gasteiger partial charge in [0.15, 0.2) is 6.61 Å². The molecule has 2 aromatic carbocycles. The van der Waals surface area contributed by atoms with Crippen molar-refractivity contribution in [1.82, 2.24) is 0 Å². The summed E-state index contributed by atoms with van der Waals surface area (Å²) >= 11 is 0. The summed E-state index contributed by atoms with van der Waals surface area (Å²) in [5, 5.41) is 5.21. The average molecular weight is 470 g/mol. The van der Waals surface area contributed by atoms with Crippen molar-refractivity contribution < 1.29 is 38.2 Å². The summed E-state index contributed by atoms with van der Waals surface area (Å²) in [6.45, 7) is 1.51. The Morgan fingerprint density at radius 1 is 0.706 bits per heavy atom. The van der Waals surface area contributed by atoms with Crippen LogP contribution in [0.5, 0.6) is 0 Å². The summed E-state index contributed by atoms with van der Waals surface area (Å²) in [4.78, 5) is 58.8. The maximum absolute atomic E-state index is 12.0. The van der Waals surface area contributed by atoms with Crippen LogP contribution < -0.4 is 10.6 Å². The lowest BCUT2D eigenvalue weighted by Crippen LogP contribution is -2.21. The summed E-state index contributed by atoms with van der Waals surface area (Å²) in [7, 11) is 1.27. The second kappa shape index (κ2) is 13.4. The molecular weight excluding hydrogens is 444 g/mol. The fourth-order valence-electron chi connectivity index (χ4n) is 2.74. The third-order valence-corrected chi connectivity index (χ3v) is 4.42. The van der Waals surface area contributed by atoms with Gasteiger partial charge in [-0.15, -0.1) is 0 Å². The van der Waals surface area contributed by atoms with Gasteiger partial charge in [-0.2, -0.15) is 0 Å². The Hall–Kier alpha value is -4.21. The Morgan fingerprint density at radius 2 is 1.24 bits per heavy atom. The summed E-state index contributed by atoms with van der Waals surface area (Å²) in [5.74, 6) is -2.38. The molecule has 0 fully saturated rings. The van der Waals surface area contributed by atoms with Crippen LogP contribution in [-0.2, 0) is 28.6 Å². The number of carbonyl (C=O) groups excluding carboxylic acids is 5. The molecule has 2 aromatic rings. The lowest BCUT2D eigenvalue weighted by Gasteiger charge is -2.08. The third-order valence-electron chi connectivity index (χ3n) is 4.42. The number of carbonyl (C=O) groups is 5. The predicted molar refractivity (Wildman–Crippen MR) is 122 cm³/mol. The van der Waals surface area contributed by atoms with Crippen LogP contribution in [0.15, 0.2) is 48.5 Å². The lowest BCUT2D eigenvalue weighted by atomic mass is 10.2. The quantitative estimate of drug-likeness (QED) is 0.378. The first-order valence-electron chi connectivity index (χ1n) is 10.5. The Kier molecular flexibility index (Phi) is 10.2. The molecule has 10 nitrogen and oxygen atoms in total. The Labute approximate surface area is 196 Å². The fraction of sp³-hybridized carbons (Fsp3) is 0.292. The van der Waals surface area contributed by atoms with Crippen LogP contribution in [0.2, 0.25) is 0 Å². The van der Waals surface area contributed by atoms with Gasteiger partial charge in [0.25, 0.3) is 5.91 Å².